The second kappa shape index (κ2) is 7.84. The van der Waals surface area contributed by atoms with Gasteiger partial charge < -0.3 is 24.8 Å². The zero-order valence-corrected chi connectivity index (χ0v) is 15.1. The molecule has 0 unspecified atom stereocenters. The minimum Gasteiger partial charge on any atom is -0.378 e. The van der Waals surface area contributed by atoms with Crippen molar-refractivity contribution in [1.29, 1.82) is 0 Å². The van der Waals surface area contributed by atoms with Gasteiger partial charge in [0.1, 0.15) is 0 Å². The van der Waals surface area contributed by atoms with Gasteiger partial charge in [-0.05, 0) is 19.2 Å². The summed E-state index contributed by atoms with van der Waals surface area (Å²) in [6.45, 7) is 7.19. The van der Waals surface area contributed by atoms with E-state index in [0.29, 0.717) is 5.95 Å². The average Bonchev–Trinajstić information content (AvgIpc) is 2.70. The summed E-state index contributed by atoms with van der Waals surface area (Å²) in [5.41, 5.74) is 2.19. The first-order valence-corrected chi connectivity index (χ1v) is 9.11. The monoisotopic (exact) mass is 355 g/mol. The van der Waals surface area contributed by atoms with Crippen LogP contribution in [-0.4, -0.2) is 79.6 Å². The molecule has 3 heterocycles. The molecule has 0 aliphatic carbocycles. The Bertz CT molecular complexity index is 727. The van der Waals surface area contributed by atoms with Crippen LogP contribution in [0.5, 0.6) is 0 Å². The maximum Gasteiger partial charge on any atom is 0.247 e. The lowest BCUT2D eigenvalue weighted by atomic mass is 10.2. The summed E-state index contributed by atoms with van der Waals surface area (Å²) in [5.74, 6) is 1.40. The minimum atomic E-state index is 0.687. The van der Waals surface area contributed by atoms with E-state index in [4.69, 9.17) is 4.74 Å². The fraction of sp³-hybridized carbons (Fsp3) is 0.500. The maximum absolute atomic E-state index is 5.47. The lowest BCUT2D eigenvalue weighted by molar-refractivity contribution is 0.123. The third kappa shape index (κ3) is 3.86. The molecule has 26 heavy (non-hydrogen) atoms. The predicted molar refractivity (Wildman–Crippen MR) is 102 cm³/mol. The van der Waals surface area contributed by atoms with E-state index in [1.54, 1.807) is 6.20 Å². The van der Waals surface area contributed by atoms with Gasteiger partial charge in [0, 0.05) is 39.3 Å². The second-order valence-electron chi connectivity index (χ2n) is 6.67. The lowest BCUT2D eigenvalue weighted by Gasteiger charge is -2.32. The van der Waals surface area contributed by atoms with Gasteiger partial charge in [-0.3, -0.25) is 0 Å². The van der Waals surface area contributed by atoms with Gasteiger partial charge in [0.25, 0.3) is 0 Å². The van der Waals surface area contributed by atoms with Crippen molar-refractivity contribution in [1.82, 2.24) is 20.1 Å². The molecule has 8 nitrogen and oxygen atoms in total. The first kappa shape index (κ1) is 17.0. The van der Waals surface area contributed by atoms with Gasteiger partial charge in [-0.2, -0.15) is 10.1 Å². The third-order valence-electron chi connectivity index (χ3n) is 4.85. The Balaban J connectivity index is 1.52. The highest BCUT2D eigenvalue weighted by atomic mass is 16.5. The fourth-order valence-electron chi connectivity index (χ4n) is 3.29. The molecule has 0 atom stereocenters. The molecule has 8 heteroatoms. The molecule has 4 rings (SSSR count). The molecule has 2 aliphatic heterocycles. The number of piperazine rings is 1. The van der Waals surface area contributed by atoms with Crippen molar-refractivity contribution >= 4 is 23.1 Å². The number of anilines is 4. The summed E-state index contributed by atoms with van der Waals surface area (Å²) in [7, 11) is 2.14. The molecule has 0 spiro atoms. The van der Waals surface area contributed by atoms with Crippen molar-refractivity contribution in [3.8, 4) is 0 Å². The SMILES string of the molecule is CN1CCN(c2nncc(Nc3ccccc3N3CCOCC3)n2)CC1. The number of likely N-dealkylation sites (N-methyl/N-ethyl adjacent to an activating group) is 1. The molecule has 2 fully saturated rings. The number of aromatic nitrogens is 3. The van der Waals surface area contributed by atoms with Gasteiger partial charge in [-0.1, -0.05) is 12.1 Å². The minimum absolute atomic E-state index is 0.687. The lowest BCUT2D eigenvalue weighted by Crippen LogP contribution is -2.45. The highest BCUT2D eigenvalue weighted by Crippen LogP contribution is 2.28. The Labute approximate surface area is 153 Å². The molecule has 0 amide bonds. The van der Waals surface area contributed by atoms with Gasteiger partial charge >= 0.3 is 0 Å². The van der Waals surface area contributed by atoms with Crippen LogP contribution in [-0.2, 0) is 4.74 Å². The quantitative estimate of drug-likeness (QED) is 0.878. The number of hydrogen-bond acceptors (Lipinski definition) is 8. The number of rotatable bonds is 4. The van der Waals surface area contributed by atoms with Crippen LogP contribution in [0.3, 0.4) is 0 Å². The summed E-state index contributed by atoms with van der Waals surface area (Å²) in [4.78, 5) is 11.5. The molecule has 2 saturated heterocycles. The van der Waals surface area contributed by atoms with Crippen LogP contribution in [0.4, 0.5) is 23.1 Å². The van der Waals surface area contributed by atoms with Gasteiger partial charge in [-0.25, -0.2) is 0 Å². The van der Waals surface area contributed by atoms with Crippen molar-refractivity contribution in [3.05, 3.63) is 30.5 Å². The summed E-state index contributed by atoms with van der Waals surface area (Å²) in [6.07, 6.45) is 1.68. The molecular formula is C18H25N7O. The Hall–Kier alpha value is -2.45. The molecule has 2 aromatic rings. The van der Waals surface area contributed by atoms with Crippen LogP contribution in [0.15, 0.2) is 30.5 Å². The van der Waals surface area contributed by atoms with Crippen molar-refractivity contribution in [2.45, 2.75) is 0 Å². The fourth-order valence-corrected chi connectivity index (χ4v) is 3.29. The average molecular weight is 355 g/mol. The first-order chi connectivity index (χ1) is 12.8. The second-order valence-corrected chi connectivity index (χ2v) is 6.67. The van der Waals surface area contributed by atoms with Crippen LogP contribution in [0.25, 0.3) is 0 Å². The molecule has 1 N–H and O–H groups in total. The molecule has 0 saturated carbocycles. The number of hydrogen-bond donors (Lipinski definition) is 1. The summed E-state index contributed by atoms with van der Waals surface area (Å²) in [6, 6.07) is 8.29. The van der Waals surface area contributed by atoms with Gasteiger partial charge in [0.2, 0.25) is 5.95 Å². The van der Waals surface area contributed by atoms with E-state index in [1.165, 1.54) is 0 Å². The van der Waals surface area contributed by atoms with E-state index in [9.17, 15) is 0 Å². The Kier molecular flexibility index (Phi) is 5.12. The Morgan fingerprint density at radius 2 is 1.73 bits per heavy atom. The Morgan fingerprint density at radius 1 is 0.962 bits per heavy atom. The number of benzene rings is 1. The number of morpholine rings is 1. The number of ether oxygens (including phenoxy) is 1. The largest absolute Gasteiger partial charge is 0.378 e. The van der Waals surface area contributed by atoms with E-state index >= 15 is 0 Å². The molecule has 138 valence electrons. The topological polar surface area (TPSA) is 69.7 Å². The van der Waals surface area contributed by atoms with Crippen molar-refractivity contribution < 1.29 is 4.74 Å². The predicted octanol–water partition coefficient (Wildman–Crippen LogP) is 1.20. The summed E-state index contributed by atoms with van der Waals surface area (Å²) < 4.78 is 5.47. The normalized spacial score (nSPS) is 18.8. The van der Waals surface area contributed by atoms with Crippen LogP contribution in [0, 0.1) is 0 Å². The standard InChI is InChI=1S/C18H25N7O/c1-23-6-8-25(9-7-23)18-21-17(14-19-22-18)20-15-4-2-3-5-16(15)24-10-12-26-13-11-24/h2-5,14H,6-13H2,1H3,(H,20,21,22). The number of nitrogens with zero attached hydrogens (tertiary/aromatic N) is 6. The van der Waals surface area contributed by atoms with E-state index < -0.39 is 0 Å². The van der Waals surface area contributed by atoms with Gasteiger partial charge in [0.05, 0.1) is 30.8 Å². The van der Waals surface area contributed by atoms with Crippen molar-refractivity contribution in [2.75, 3.05) is 74.6 Å². The van der Waals surface area contributed by atoms with E-state index in [1.807, 2.05) is 6.07 Å². The first-order valence-electron chi connectivity index (χ1n) is 9.11. The van der Waals surface area contributed by atoms with E-state index in [0.717, 1.165) is 69.7 Å². The molecule has 0 radical (unpaired) electrons. The molecule has 0 bridgehead atoms. The van der Waals surface area contributed by atoms with Crippen LogP contribution < -0.4 is 15.1 Å². The maximum atomic E-state index is 5.47. The van der Waals surface area contributed by atoms with E-state index in [2.05, 4.69) is 60.4 Å². The number of nitrogens with one attached hydrogen (secondary N) is 1. The summed E-state index contributed by atoms with van der Waals surface area (Å²) in [5, 5.41) is 11.8. The molecule has 1 aromatic heterocycles. The van der Waals surface area contributed by atoms with Gasteiger partial charge in [0.15, 0.2) is 5.82 Å². The number of para-hydroxylation sites is 2. The van der Waals surface area contributed by atoms with E-state index in [-0.39, 0.29) is 0 Å². The zero-order chi connectivity index (χ0) is 17.8. The summed E-state index contributed by atoms with van der Waals surface area (Å²) >= 11 is 0. The van der Waals surface area contributed by atoms with Crippen LogP contribution >= 0.6 is 0 Å². The van der Waals surface area contributed by atoms with Crippen LogP contribution in [0.2, 0.25) is 0 Å². The van der Waals surface area contributed by atoms with Gasteiger partial charge in [-0.15, -0.1) is 5.10 Å². The van der Waals surface area contributed by atoms with Crippen molar-refractivity contribution in [3.63, 3.8) is 0 Å². The highest BCUT2D eigenvalue weighted by Gasteiger charge is 2.18. The van der Waals surface area contributed by atoms with Crippen molar-refractivity contribution in [2.24, 2.45) is 0 Å². The Morgan fingerprint density at radius 3 is 2.54 bits per heavy atom. The zero-order valence-electron chi connectivity index (χ0n) is 15.1. The molecule has 2 aliphatic rings. The third-order valence-corrected chi connectivity index (χ3v) is 4.85. The smallest absolute Gasteiger partial charge is 0.247 e. The van der Waals surface area contributed by atoms with Crippen LogP contribution in [0.1, 0.15) is 0 Å². The molecule has 1 aromatic carbocycles. The highest BCUT2D eigenvalue weighted by molar-refractivity contribution is 5.74. The molecular weight excluding hydrogens is 330 g/mol.